The van der Waals surface area contributed by atoms with Crippen molar-refractivity contribution >= 4 is 15.9 Å². The van der Waals surface area contributed by atoms with Crippen molar-refractivity contribution in [2.24, 2.45) is 5.92 Å². The molecule has 0 spiro atoms. The van der Waals surface area contributed by atoms with Gasteiger partial charge in [-0.1, -0.05) is 13.0 Å². The van der Waals surface area contributed by atoms with Crippen molar-refractivity contribution in [3.63, 3.8) is 0 Å². The van der Waals surface area contributed by atoms with Crippen molar-refractivity contribution in [1.82, 2.24) is 14.2 Å². The molecule has 1 aromatic carbocycles. The van der Waals surface area contributed by atoms with Gasteiger partial charge in [0.2, 0.25) is 10.0 Å². The van der Waals surface area contributed by atoms with E-state index in [1.54, 1.807) is 41.8 Å². The Morgan fingerprint density at radius 3 is 2.47 bits per heavy atom. The number of rotatable bonds is 7. The summed E-state index contributed by atoms with van der Waals surface area (Å²) in [5.41, 5.74) is 1.32. The van der Waals surface area contributed by atoms with E-state index >= 15 is 0 Å². The fourth-order valence-corrected chi connectivity index (χ4v) is 5.30. The molecule has 7 nitrogen and oxygen atoms in total. The highest BCUT2D eigenvalue weighted by atomic mass is 32.2. The highest BCUT2D eigenvalue weighted by Crippen LogP contribution is 2.24. The van der Waals surface area contributed by atoms with E-state index in [1.165, 1.54) is 16.4 Å². The van der Waals surface area contributed by atoms with E-state index in [0.717, 1.165) is 18.4 Å². The SMILES string of the molecule is CC1CCN(S(=O)(=O)c2ccc(C(=O)N(Cc3cccnc3)Cc3ccco3)cc2)CC1. The zero-order valence-corrected chi connectivity index (χ0v) is 18.9. The summed E-state index contributed by atoms with van der Waals surface area (Å²) in [4.78, 5) is 19.3. The van der Waals surface area contributed by atoms with Crippen LogP contribution in [-0.2, 0) is 23.1 Å². The van der Waals surface area contributed by atoms with Gasteiger partial charge in [-0.25, -0.2) is 8.42 Å². The lowest BCUT2D eigenvalue weighted by atomic mass is 10.0. The molecule has 4 rings (SSSR count). The fraction of sp³-hybridized carbons (Fsp3) is 0.333. The third-order valence-electron chi connectivity index (χ3n) is 5.79. The highest BCUT2D eigenvalue weighted by molar-refractivity contribution is 7.89. The Morgan fingerprint density at radius 2 is 1.84 bits per heavy atom. The lowest BCUT2D eigenvalue weighted by molar-refractivity contribution is 0.0717. The van der Waals surface area contributed by atoms with Crippen LogP contribution in [-0.4, -0.2) is 41.6 Å². The molecular weight excluding hydrogens is 426 g/mol. The summed E-state index contributed by atoms with van der Waals surface area (Å²) in [6.07, 6.45) is 6.71. The maximum absolute atomic E-state index is 13.3. The predicted octanol–water partition coefficient (Wildman–Crippen LogP) is 3.94. The number of carbonyl (C=O) groups excluding carboxylic acids is 1. The molecule has 0 atom stereocenters. The number of amides is 1. The molecule has 0 bridgehead atoms. The summed E-state index contributed by atoms with van der Waals surface area (Å²) in [5.74, 6) is 1.00. The molecule has 1 saturated heterocycles. The molecule has 168 valence electrons. The molecule has 3 aromatic rings. The van der Waals surface area contributed by atoms with Crippen LogP contribution in [0.4, 0.5) is 0 Å². The molecule has 0 radical (unpaired) electrons. The number of aromatic nitrogens is 1. The van der Waals surface area contributed by atoms with Crippen LogP contribution in [0.1, 0.15) is 41.4 Å². The van der Waals surface area contributed by atoms with Crippen LogP contribution in [0, 0.1) is 5.92 Å². The number of nitrogens with zero attached hydrogens (tertiary/aromatic N) is 3. The summed E-state index contributed by atoms with van der Waals surface area (Å²) in [6.45, 7) is 3.87. The maximum atomic E-state index is 13.3. The molecule has 3 heterocycles. The Morgan fingerprint density at radius 1 is 1.09 bits per heavy atom. The first-order valence-corrected chi connectivity index (χ1v) is 12.2. The van der Waals surface area contributed by atoms with Crippen molar-refractivity contribution in [2.75, 3.05) is 13.1 Å². The smallest absolute Gasteiger partial charge is 0.254 e. The topological polar surface area (TPSA) is 83.7 Å². The van der Waals surface area contributed by atoms with Gasteiger partial charge in [-0.15, -0.1) is 0 Å². The number of carbonyl (C=O) groups is 1. The maximum Gasteiger partial charge on any atom is 0.254 e. The Kier molecular flexibility index (Phi) is 6.72. The molecule has 1 aliphatic heterocycles. The Balaban J connectivity index is 1.53. The molecule has 0 N–H and O–H groups in total. The second kappa shape index (κ2) is 9.67. The lowest BCUT2D eigenvalue weighted by Crippen LogP contribution is -2.37. The van der Waals surface area contributed by atoms with Crippen LogP contribution >= 0.6 is 0 Å². The van der Waals surface area contributed by atoms with Crippen LogP contribution < -0.4 is 0 Å². The largest absolute Gasteiger partial charge is 0.467 e. The van der Waals surface area contributed by atoms with Gasteiger partial charge < -0.3 is 9.32 Å². The average molecular weight is 454 g/mol. The Labute approximate surface area is 188 Å². The normalized spacial score (nSPS) is 15.5. The molecule has 32 heavy (non-hydrogen) atoms. The quantitative estimate of drug-likeness (QED) is 0.541. The van der Waals surface area contributed by atoms with Crippen LogP contribution in [0.2, 0.25) is 0 Å². The van der Waals surface area contributed by atoms with Gasteiger partial charge in [0.15, 0.2) is 0 Å². The van der Waals surface area contributed by atoms with Gasteiger partial charge in [-0.3, -0.25) is 9.78 Å². The second-order valence-electron chi connectivity index (χ2n) is 8.21. The first kappa shape index (κ1) is 22.2. The van der Waals surface area contributed by atoms with Crippen molar-refractivity contribution in [1.29, 1.82) is 0 Å². The van der Waals surface area contributed by atoms with Gasteiger partial charge in [0, 0.05) is 37.6 Å². The minimum absolute atomic E-state index is 0.207. The van der Waals surface area contributed by atoms with E-state index in [2.05, 4.69) is 11.9 Å². The van der Waals surface area contributed by atoms with E-state index in [0.29, 0.717) is 43.4 Å². The summed E-state index contributed by atoms with van der Waals surface area (Å²) in [6, 6.07) is 13.5. The number of furan rings is 1. The van der Waals surface area contributed by atoms with Crippen LogP contribution in [0.25, 0.3) is 0 Å². The van der Waals surface area contributed by atoms with Crippen LogP contribution in [0.15, 0.2) is 76.5 Å². The molecule has 8 heteroatoms. The zero-order chi connectivity index (χ0) is 22.6. The molecule has 1 amide bonds. The first-order valence-electron chi connectivity index (χ1n) is 10.7. The second-order valence-corrected chi connectivity index (χ2v) is 10.2. The summed E-state index contributed by atoms with van der Waals surface area (Å²) in [7, 11) is -3.55. The summed E-state index contributed by atoms with van der Waals surface area (Å²) < 4.78 is 32.9. The van der Waals surface area contributed by atoms with Crippen molar-refractivity contribution in [2.45, 2.75) is 37.8 Å². The lowest BCUT2D eigenvalue weighted by Gasteiger charge is -2.29. The third kappa shape index (κ3) is 5.08. The molecule has 0 aliphatic carbocycles. The first-order chi connectivity index (χ1) is 15.4. The van der Waals surface area contributed by atoms with Gasteiger partial charge in [-0.05, 0) is 66.8 Å². The van der Waals surface area contributed by atoms with Gasteiger partial charge in [0.05, 0.1) is 17.7 Å². The fourth-order valence-electron chi connectivity index (χ4n) is 3.83. The van der Waals surface area contributed by atoms with E-state index in [1.807, 2.05) is 18.2 Å². The number of benzene rings is 1. The Hall–Kier alpha value is -2.97. The number of hydrogen-bond donors (Lipinski definition) is 0. The van der Waals surface area contributed by atoms with Gasteiger partial charge in [-0.2, -0.15) is 4.31 Å². The predicted molar refractivity (Wildman–Crippen MR) is 120 cm³/mol. The summed E-state index contributed by atoms with van der Waals surface area (Å²) >= 11 is 0. The Bertz CT molecular complexity index is 1120. The minimum atomic E-state index is -3.55. The molecule has 1 fully saturated rings. The summed E-state index contributed by atoms with van der Waals surface area (Å²) in [5, 5.41) is 0. The molecule has 1 aliphatic rings. The van der Waals surface area contributed by atoms with Crippen LogP contribution in [0.3, 0.4) is 0 Å². The highest BCUT2D eigenvalue weighted by Gasteiger charge is 2.28. The number of sulfonamides is 1. The zero-order valence-electron chi connectivity index (χ0n) is 18.1. The number of pyridine rings is 1. The van der Waals surface area contributed by atoms with Gasteiger partial charge >= 0.3 is 0 Å². The standard InChI is InChI=1S/C24H27N3O4S/c1-19-10-13-27(14-11-19)32(29,30)23-8-6-21(7-9-23)24(28)26(18-22-5-3-15-31-22)17-20-4-2-12-25-16-20/h2-9,12,15-16,19H,10-11,13-14,17-18H2,1H3. The van der Waals surface area contributed by atoms with Gasteiger partial charge in [0.1, 0.15) is 5.76 Å². The monoisotopic (exact) mass is 453 g/mol. The number of hydrogen-bond acceptors (Lipinski definition) is 5. The van der Waals surface area contributed by atoms with Gasteiger partial charge in [0.25, 0.3) is 5.91 Å². The molecule has 0 unspecified atom stereocenters. The third-order valence-corrected chi connectivity index (χ3v) is 7.70. The van der Waals surface area contributed by atoms with Crippen LogP contribution in [0.5, 0.6) is 0 Å². The van der Waals surface area contributed by atoms with E-state index in [-0.39, 0.29) is 10.8 Å². The average Bonchev–Trinajstić information content (AvgIpc) is 3.32. The molecule has 2 aromatic heterocycles. The molecule has 0 saturated carbocycles. The van der Waals surface area contributed by atoms with E-state index < -0.39 is 10.0 Å². The van der Waals surface area contributed by atoms with E-state index in [4.69, 9.17) is 4.42 Å². The van der Waals surface area contributed by atoms with Crippen molar-refractivity contribution in [3.8, 4) is 0 Å². The van der Waals surface area contributed by atoms with Crippen molar-refractivity contribution < 1.29 is 17.6 Å². The molecular formula is C24H27N3O4S. The van der Waals surface area contributed by atoms with E-state index in [9.17, 15) is 13.2 Å². The minimum Gasteiger partial charge on any atom is -0.467 e. The number of piperidine rings is 1. The van der Waals surface area contributed by atoms with Crippen molar-refractivity contribution in [3.05, 3.63) is 84.1 Å².